The van der Waals surface area contributed by atoms with Crippen LogP contribution in [0.3, 0.4) is 0 Å². The average Bonchev–Trinajstić information content (AvgIpc) is 3.42. The van der Waals surface area contributed by atoms with Crippen LogP contribution < -0.4 is 0 Å². The minimum Gasteiger partial charge on any atom is -0.458 e. The second-order valence-electron chi connectivity index (χ2n) is 11.1. The Morgan fingerprint density at radius 3 is 2.50 bits per heavy atom. The highest BCUT2D eigenvalue weighted by Crippen LogP contribution is 2.62. The number of ether oxygens (including phenoxy) is 3. The topological polar surface area (TPSA) is 116 Å². The van der Waals surface area contributed by atoms with Crippen LogP contribution in [0.5, 0.6) is 0 Å². The lowest BCUT2D eigenvalue weighted by atomic mass is 9.50. The number of carbonyl (C=O) groups is 5. The second kappa shape index (κ2) is 8.64. The number of rotatable bonds is 4. The van der Waals surface area contributed by atoms with Crippen molar-refractivity contribution in [2.24, 2.45) is 22.7 Å². The Hall–Kier alpha value is -2.81. The Morgan fingerprint density at radius 2 is 1.86 bits per heavy atom. The largest absolute Gasteiger partial charge is 0.458 e. The predicted octanol–water partition coefficient (Wildman–Crippen LogP) is 1.93. The number of likely N-dealkylation sites (tertiary alicyclic amines) is 1. The highest BCUT2D eigenvalue weighted by atomic mass is 16.6. The fourth-order valence-corrected chi connectivity index (χ4v) is 7.37. The molecule has 5 aliphatic rings. The Balaban J connectivity index is 1.76. The molecule has 4 unspecified atom stereocenters. The first-order valence-electron chi connectivity index (χ1n) is 12.7. The Morgan fingerprint density at radius 1 is 1.17 bits per heavy atom. The van der Waals surface area contributed by atoms with Gasteiger partial charge < -0.3 is 19.1 Å². The molecule has 0 aromatic heterocycles. The van der Waals surface area contributed by atoms with Crippen molar-refractivity contribution in [3.8, 4) is 0 Å². The van der Waals surface area contributed by atoms with Crippen molar-refractivity contribution < 1.29 is 38.2 Å². The molecule has 0 amide bonds. The summed E-state index contributed by atoms with van der Waals surface area (Å²) in [5.74, 6) is -4.09. The van der Waals surface area contributed by atoms with Crippen LogP contribution in [0, 0.1) is 22.7 Å². The Kier molecular flexibility index (Phi) is 5.97. The molecule has 5 rings (SSSR count). The molecule has 0 aromatic carbocycles. The van der Waals surface area contributed by atoms with Gasteiger partial charge in [0.2, 0.25) is 11.6 Å². The molecule has 0 spiro atoms. The number of Topliss-reactive ketones (excluding diaryl/α,β-unsaturated/α-hetero) is 3. The molecule has 2 aliphatic heterocycles. The van der Waals surface area contributed by atoms with Gasteiger partial charge in [0, 0.05) is 68.5 Å². The number of allylic oxidation sites excluding steroid dienone is 1. The molecule has 6 atom stereocenters. The van der Waals surface area contributed by atoms with E-state index in [2.05, 4.69) is 0 Å². The molecule has 36 heavy (non-hydrogen) atoms. The average molecular weight is 500 g/mol. The van der Waals surface area contributed by atoms with Gasteiger partial charge in [0.05, 0.1) is 18.1 Å². The van der Waals surface area contributed by atoms with Crippen LogP contribution in [0.4, 0.5) is 0 Å². The number of carbonyl (C=O) groups excluding carboxylic acids is 5. The zero-order valence-electron chi connectivity index (χ0n) is 21.3. The number of nitrogens with zero attached hydrogens (tertiary/aromatic N) is 1. The summed E-state index contributed by atoms with van der Waals surface area (Å²) in [5.41, 5.74) is -1.17. The van der Waals surface area contributed by atoms with Gasteiger partial charge in [0.15, 0.2) is 0 Å². The van der Waals surface area contributed by atoms with Gasteiger partial charge in [-0.05, 0) is 24.8 Å². The molecule has 0 aromatic rings. The quantitative estimate of drug-likeness (QED) is 0.325. The summed E-state index contributed by atoms with van der Waals surface area (Å²) in [4.78, 5) is 68.2. The summed E-state index contributed by atoms with van der Waals surface area (Å²) < 4.78 is 17.1. The predicted molar refractivity (Wildman–Crippen MR) is 125 cm³/mol. The minimum absolute atomic E-state index is 0.00163. The molecule has 0 radical (unpaired) electrons. The van der Waals surface area contributed by atoms with Crippen molar-refractivity contribution in [2.45, 2.75) is 65.1 Å². The van der Waals surface area contributed by atoms with Crippen LogP contribution in [0.25, 0.3) is 0 Å². The normalized spacial score (nSPS) is 39.2. The smallest absolute Gasteiger partial charge is 0.336 e. The maximum absolute atomic E-state index is 13.9. The van der Waals surface area contributed by atoms with E-state index in [9.17, 15) is 24.0 Å². The summed E-state index contributed by atoms with van der Waals surface area (Å²) in [6.07, 6.45) is 2.81. The van der Waals surface area contributed by atoms with Crippen molar-refractivity contribution in [3.05, 3.63) is 22.9 Å². The first-order valence-corrected chi connectivity index (χ1v) is 12.7. The molecule has 194 valence electrons. The summed E-state index contributed by atoms with van der Waals surface area (Å²) in [5, 5.41) is 0. The van der Waals surface area contributed by atoms with Crippen molar-refractivity contribution in [2.75, 3.05) is 26.8 Å². The third-order valence-corrected chi connectivity index (χ3v) is 9.10. The zero-order chi connectivity index (χ0) is 26.0. The summed E-state index contributed by atoms with van der Waals surface area (Å²) >= 11 is 0. The summed E-state index contributed by atoms with van der Waals surface area (Å²) in [6.45, 7) is 6.38. The first-order chi connectivity index (χ1) is 17.0. The summed E-state index contributed by atoms with van der Waals surface area (Å²) in [6, 6.07) is 0. The lowest BCUT2D eigenvalue weighted by Crippen LogP contribution is -2.62. The Bertz CT molecular complexity index is 1110. The van der Waals surface area contributed by atoms with Crippen LogP contribution in [0.1, 0.15) is 52.9 Å². The van der Waals surface area contributed by atoms with E-state index in [0.717, 1.165) is 25.9 Å². The van der Waals surface area contributed by atoms with Crippen LogP contribution >= 0.6 is 0 Å². The van der Waals surface area contributed by atoms with Crippen molar-refractivity contribution in [3.63, 3.8) is 0 Å². The third kappa shape index (κ3) is 3.42. The minimum atomic E-state index is -1.18. The molecular formula is C27H33NO8. The molecule has 2 saturated heterocycles. The lowest BCUT2D eigenvalue weighted by Gasteiger charge is -2.55. The standard InChI is InChI=1S/C27H33NO8/c1-14(29)35-17-11-26(2)16(7-8-18(26)30)20-22(17)27(3)19(13-34-4)36-25(33)15(12-28-9-5-6-10-28)21(27)24(32)23(20)31/h12,16-17,19,21H,5-11,13H2,1-4H3/b15-12-/t16?,17?,19?,21?,26-,27-/m0/s1. The van der Waals surface area contributed by atoms with E-state index in [1.807, 2.05) is 4.90 Å². The summed E-state index contributed by atoms with van der Waals surface area (Å²) in [7, 11) is 1.48. The van der Waals surface area contributed by atoms with Gasteiger partial charge in [-0.2, -0.15) is 0 Å². The number of hydrogen-bond acceptors (Lipinski definition) is 9. The van der Waals surface area contributed by atoms with Gasteiger partial charge in [-0.25, -0.2) is 4.79 Å². The van der Waals surface area contributed by atoms with Crippen LogP contribution in [0.2, 0.25) is 0 Å². The Labute approximate surface area is 210 Å². The number of ketones is 3. The van der Waals surface area contributed by atoms with Crippen molar-refractivity contribution in [1.82, 2.24) is 4.90 Å². The monoisotopic (exact) mass is 499 g/mol. The fraction of sp³-hybridized carbons (Fsp3) is 0.667. The fourth-order valence-electron chi connectivity index (χ4n) is 7.37. The van der Waals surface area contributed by atoms with Gasteiger partial charge in [0.1, 0.15) is 18.0 Å². The molecule has 1 saturated carbocycles. The van der Waals surface area contributed by atoms with Gasteiger partial charge in [0.25, 0.3) is 0 Å². The highest BCUT2D eigenvalue weighted by Gasteiger charge is 2.67. The van der Waals surface area contributed by atoms with Crippen LogP contribution in [0.15, 0.2) is 22.9 Å². The number of methoxy groups -OCH3 is 1. The van der Waals surface area contributed by atoms with Gasteiger partial charge >= 0.3 is 11.9 Å². The third-order valence-electron chi connectivity index (χ3n) is 9.10. The second-order valence-corrected chi connectivity index (χ2v) is 11.1. The molecule has 3 aliphatic carbocycles. The van der Waals surface area contributed by atoms with E-state index in [1.165, 1.54) is 14.0 Å². The van der Waals surface area contributed by atoms with Crippen molar-refractivity contribution in [1.29, 1.82) is 0 Å². The molecule has 3 fully saturated rings. The molecule has 0 N–H and O–H groups in total. The van der Waals surface area contributed by atoms with Gasteiger partial charge in [-0.1, -0.05) is 13.8 Å². The molecule has 2 heterocycles. The van der Waals surface area contributed by atoms with E-state index < -0.39 is 58.4 Å². The molecule has 9 nitrogen and oxygen atoms in total. The number of esters is 2. The molecule has 9 heteroatoms. The van der Waals surface area contributed by atoms with E-state index >= 15 is 0 Å². The van der Waals surface area contributed by atoms with E-state index in [1.54, 1.807) is 20.0 Å². The van der Waals surface area contributed by atoms with Gasteiger partial charge in [-0.3, -0.25) is 19.2 Å². The number of fused-ring (bicyclic) bond motifs is 4. The SMILES string of the molecule is COCC1OC(=O)/C(=C\N2CCCC2)C2C(=O)C(=O)C3=C(C(OC(C)=O)C[C@]4(C)C(=O)CCC34)[C@@]12C. The van der Waals surface area contributed by atoms with Gasteiger partial charge in [-0.15, -0.1) is 0 Å². The van der Waals surface area contributed by atoms with E-state index in [-0.39, 0.29) is 30.0 Å². The molecule has 0 bridgehead atoms. The highest BCUT2D eigenvalue weighted by molar-refractivity contribution is 6.47. The zero-order valence-corrected chi connectivity index (χ0v) is 21.3. The number of cyclic esters (lactones) is 1. The van der Waals surface area contributed by atoms with E-state index in [0.29, 0.717) is 18.4 Å². The number of hydrogen-bond donors (Lipinski definition) is 0. The first kappa shape index (κ1) is 24.9. The van der Waals surface area contributed by atoms with E-state index in [4.69, 9.17) is 14.2 Å². The van der Waals surface area contributed by atoms with Crippen LogP contribution in [-0.2, 0) is 38.2 Å². The molecular weight excluding hydrogens is 466 g/mol. The lowest BCUT2D eigenvalue weighted by molar-refractivity contribution is -0.174. The maximum atomic E-state index is 13.9. The van der Waals surface area contributed by atoms with Crippen molar-refractivity contribution >= 4 is 29.3 Å². The van der Waals surface area contributed by atoms with Crippen LogP contribution in [-0.4, -0.2) is 73.2 Å². The maximum Gasteiger partial charge on any atom is 0.336 e.